The van der Waals surface area contributed by atoms with Crippen LogP contribution in [0.15, 0.2) is 55.1 Å². The highest BCUT2D eigenvalue weighted by Gasteiger charge is 2.18. The Morgan fingerprint density at radius 1 is 0.971 bits per heavy atom. The van der Waals surface area contributed by atoms with Crippen molar-refractivity contribution in [1.29, 1.82) is 0 Å². The van der Waals surface area contributed by atoms with Gasteiger partial charge in [0.2, 0.25) is 0 Å². The number of thiophene rings is 1. The quantitative estimate of drug-likeness (QED) is 0.318. The van der Waals surface area contributed by atoms with Crippen LogP contribution in [0.1, 0.15) is 12.5 Å². The van der Waals surface area contributed by atoms with Crippen molar-refractivity contribution in [3.05, 3.63) is 65.8 Å². The van der Waals surface area contributed by atoms with Crippen LogP contribution in [0.3, 0.4) is 0 Å². The lowest BCUT2D eigenvalue weighted by Crippen LogP contribution is -2.11. The SMILES string of the molecule is CCNCc1cncc(-c2ccc3[nH]nc(-c4nc5c(-c6ccc(F)s6)cncc5[nH]4)c3n2)c1. The van der Waals surface area contributed by atoms with Gasteiger partial charge in [-0.05, 0) is 42.4 Å². The van der Waals surface area contributed by atoms with E-state index in [-0.39, 0.29) is 5.13 Å². The number of aromatic amines is 2. The van der Waals surface area contributed by atoms with Gasteiger partial charge in [-0.3, -0.25) is 15.1 Å². The Bertz CT molecular complexity index is 1630. The van der Waals surface area contributed by atoms with E-state index in [0.717, 1.165) is 62.7 Å². The lowest BCUT2D eigenvalue weighted by Gasteiger charge is -2.05. The van der Waals surface area contributed by atoms with E-state index in [2.05, 4.69) is 43.5 Å². The van der Waals surface area contributed by atoms with Crippen LogP contribution in [0.2, 0.25) is 0 Å². The van der Waals surface area contributed by atoms with Crippen molar-refractivity contribution in [2.45, 2.75) is 13.5 Å². The summed E-state index contributed by atoms with van der Waals surface area (Å²) in [4.78, 5) is 22.4. The third kappa shape index (κ3) is 3.62. The van der Waals surface area contributed by atoms with Crippen LogP contribution >= 0.6 is 11.3 Å². The fourth-order valence-electron chi connectivity index (χ4n) is 3.90. The van der Waals surface area contributed by atoms with Crippen molar-refractivity contribution >= 4 is 33.4 Å². The molecule has 168 valence electrons. The maximum atomic E-state index is 13.6. The summed E-state index contributed by atoms with van der Waals surface area (Å²) in [6.07, 6.45) is 7.06. The van der Waals surface area contributed by atoms with Crippen LogP contribution in [-0.4, -0.2) is 41.7 Å². The molecule has 8 nitrogen and oxygen atoms in total. The standard InChI is InChI=1S/C24H19FN8S/c1-2-26-8-13-7-14(10-27-9-13)16-3-4-17-22(29-16)23(33-32-17)24-30-18-12-28-11-15(21(18)31-24)19-5-6-20(25)34-19/h3-7,9-12,26H,2,8H2,1H3,(H,30,31)(H,32,33). The summed E-state index contributed by atoms with van der Waals surface area (Å²) in [6.45, 7) is 3.71. The Kier molecular flexibility index (Phi) is 5.08. The summed E-state index contributed by atoms with van der Waals surface area (Å²) in [5, 5.41) is 10.6. The lowest BCUT2D eigenvalue weighted by atomic mass is 10.1. The van der Waals surface area contributed by atoms with Crippen LogP contribution in [0.25, 0.3) is 55.3 Å². The Morgan fingerprint density at radius 3 is 2.74 bits per heavy atom. The zero-order valence-electron chi connectivity index (χ0n) is 18.1. The molecule has 0 fully saturated rings. The third-order valence-electron chi connectivity index (χ3n) is 5.53. The Labute approximate surface area is 197 Å². The fraction of sp³-hybridized carbons (Fsp3) is 0.125. The molecule has 0 atom stereocenters. The molecule has 6 heterocycles. The van der Waals surface area contributed by atoms with Crippen LogP contribution < -0.4 is 5.32 Å². The molecule has 0 aliphatic carbocycles. The molecule has 34 heavy (non-hydrogen) atoms. The van der Waals surface area contributed by atoms with Gasteiger partial charge >= 0.3 is 0 Å². The van der Waals surface area contributed by atoms with E-state index in [0.29, 0.717) is 22.6 Å². The molecule has 0 aromatic carbocycles. The predicted molar refractivity (Wildman–Crippen MR) is 131 cm³/mol. The number of fused-ring (bicyclic) bond motifs is 2. The van der Waals surface area contributed by atoms with E-state index in [4.69, 9.17) is 9.97 Å². The molecule has 3 N–H and O–H groups in total. The number of hydrogen-bond acceptors (Lipinski definition) is 7. The number of pyridine rings is 3. The average Bonchev–Trinajstić information content (AvgIpc) is 3.59. The molecule has 0 spiro atoms. The first-order chi connectivity index (χ1) is 16.7. The number of halogens is 1. The largest absolute Gasteiger partial charge is 0.335 e. The third-order valence-corrected chi connectivity index (χ3v) is 6.44. The topological polar surface area (TPSA) is 108 Å². The summed E-state index contributed by atoms with van der Waals surface area (Å²) in [5.74, 6) is 0.566. The number of nitrogens with zero attached hydrogens (tertiary/aromatic N) is 5. The van der Waals surface area contributed by atoms with Crippen molar-refractivity contribution in [1.82, 2.24) is 40.4 Å². The van der Waals surface area contributed by atoms with E-state index in [1.165, 1.54) is 6.07 Å². The molecular weight excluding hydrogens is 451 g/mol. The maximum absolute atomic E-state index is 13.6. The molecule has 0 amide bonds. The molecule has 0 radical (unpaired) electrons. The highest BCUT2D eigenvalue weighted by molar-refractivity contribution is 7.14. The smallest absolute Gasteiger partial charge is 0.176 e. The lowest BCUT2D eigenvalue weighted by molar-refractivity contribution is 0.657. The minimum Gasteiger partial charge on any atom is -0.335 e. The molecule has 0 bridgehead atoms. The number of rotatable bonds is 6. The zero-order valence-corrected chi connectivity index (χ0v) is 18.9. The summed E-state index contributed by atoms with van der Waals surface area (Å²) in [5.41, 5.74) is 7.15. The highest BCUT2D eigenvalue weighted by Crippen LogP contribution is 2.34. The van der Waals surface area contributed by atoms with E-state index in [9.17, 15) is 4.39 Å². The first-order valence-electron chi connectivity index (χ1n) is 10.8. The van der Waals surface area contributed by atoms with Gasteiger partial charge in [-0.2, -0.15) is 9.49 Å². The summed E-state index contributed by atoms with van der Waals surface area (Å²) < 4.78 is 13.6. The van der Waals surface area contributed by atoms with E-state index >= 15 is 0 Å². The zero-order chi connectivity index (χ0) is 23.1. The highest BCUT2D eigenvalue weighted by atomic mass is 32.1. The Balaban J connectivity index is 1.44. The van der Waals surface area contributed by atoms with Gasteiger partial charge in [-0.15, -0.1) is 11.3 Å². The maximum Gasteiger partial charge on any atom is 0.176 e. The molecule has 6 aromatic rings. The summed E-state index contributed by atoms with van der Waals surface area (Å²) in [7, 11) is 0. The molecule has 6 rings (SSSR count). The Morgan fingerprint density at radius 2 is 1.88 bits per heavy atom. The van der Waals surface area contributed by atoms with Gasteiger partial charge < -0.3 is 10.3 Å². The Hall–Kier alpha value is -4.02. The van der Waals surface area contributed by atoms with Gasteiger partial charge in [0.05, 0.1) is 22.9 Å². The van der Waals surface area contributed by atoms with E-state index in [1.54, 1.807) is 18.5 Å². The number of nitrogens with one attached hydrogen (secondary N) is 3. The molecule has 0 unspecified atom stereocenters. The van der Waals surface area contributed by atoms with Gasteiger partial charge in [-0.1, -0.05) is 6.92 Å². The molecule has 0 saturated carbocycles. The second kappa shape index (κ2) is 8.40. The van der Waals surface area contributed by atoms with Crippen molar-refractivity contribution in [2.24, 2.45) is 0 Å². The summed E-state index contributed by atoms with van der Waals surface area (Å²) >= 11 is 1.07. The number of aromatic nitrogens is 7. The monoisotopic (exact) mass is 470 g/mol. The van der Waals surface area contributed by atoms with Crippen LogP contribution in [0.5, 0.6) is 0 Å². The minimum atomic E-state index is -0.248. The van der Waals surface area contributed by atoms with Crippen LogP contribution in [-0.2, 0) is 6.54 Å². The normalized spacial score (nSPS) is 11.6. The van der Waals surface area contributed by atoms with Gasteiger partial charge in [0.25, 0.3) is 0 Å². The second-order valence-corrected chi connectivity index (χ2v) is 8.83. The van der Waals surface area contributed by atoms with Gasteiger partial charge in [0.1, 0.15) is 11.0 Å². The average molecular weight is 471 g/mol. The van der Waals surface area contributed by atoms with Crippen LogP contribution in [0, 0.1) is 5.13 Å². The molecule has 6 aromatic heterocycles. The number of H-pyrrole nitrogens is 2. The van der Waals surface area contributed by atoms with E-state index < -0.39 is 0 Å². The number of hydrogen-bond donors (Lipinski definition) is 3. The predicted octanol–water partition coefficient (Wildman–Crippen LogP) is 4.94. The number of imidazole rings is 1. The van der Waals surface area contributed by atoms with Crippen molar-refractivity contribution < 1.29 is 4.39 Å². The summed E-state index contributed by atoms with van der Waals surface area (Å²) in [6, 6.07) is 9.17. The van der Waals surface area contributed by atoms with Gasteiger partial charge in [0.15, 0.2) is 16.6 Å². The van der Waals surface area contributed by atoms with Crippen molar-refractivity contribution in [3.63, 3.8) is 0 Å². The first-order valence-corrected chi connectivity index (χ1v) is 11.6. The van der Waals surface area contributed by atoms with E-state index in [1.807, 2.05) is 24.5 Å². The minimum absolute atomic E-state index is 0.248. The molecule has 0 aliphatic rings. The van der Waals surface area contributed by atoms with Crippen LogP contribution in [0.4, 0.5) is 4.39 Å². The first kappa shape index (κ1) is 20.6. The molecular formula is C24H19FN8S. The van der Waals surface area contributed by atoms with Crippen molar-refractivity contribution in [2.75, 3.05) is 6.54 Å². The van der Waals surface area contributed by atoms with Crippen molar-refractivity contribution in [3.8, 4) is 33.2 Å². The fourth-order valence-corrected chi connectivity index (χ4v) is 4.64. The van der Waals surface area contributed by atoms with Gasteiger partial charge in [-0.25, -0.2) is 9.97 Å². The molecule has 0 aliphatic heterocycles. The molecule has 10 heteroatoms. The van der Waals surface area contributed by atoms with Gasteiger partial charge in [0, 0.05) is 41.1 Å². The molecule has 0 saturated heterocycles. The second-order valence-electron chi connectivity index (χ2n) is 7.80.